The highest BCUT2D eigenvalue weighted by Crippen LogP contribution is 2.28. The maximum Gasteiger partial charge on any atom is 0.262 e. The second-order valence-corrected chi connectivity index (χ2v) is 7.13. The van der Waals surface area contributed by atoms with E-state index in [0.717, 1.165) is 11.1 Å². The fourth-order valence-electron chi connectivity index (χ4n) is 2.49. The summed E-state index contributed by atoms with van der Waals surface area (Å²) in [7, 11) is -2.08. The molecule has 0 aliphatic rings. The molecular weight excluding hydrogens is 298 g/mol. The molecule has 118 valence electrons. The average molecular weight is 319 g/mol. The minimum Gasteiger partial charge on any atom is -0.497 e. The van der Waals surface area contributed by atoms with E-state index in [1.165, 1.54) is 0 Å². The Morgan fingerprint density at radius 1 is 0.909 bits per heavy atom. The van der Waals surface area contributed by atoms with Gasteiger partial charge in [0, 0.05) is 0 Å². The number of aryl methyl sites for hydroxylation is 4. The molecule has 22 heavy (non-hydrogen) atoms. The van der Waals surface area contributed by atoms with Crippen molar-refractivity contribution < 1.29 is 13.2 Å². The lowest BCUT2D eigenvalue weighted by atomic mass is 10.1. The van der Waals surface area contributed by atoms with Crippen LogP contribution in [0.15, 0.2) is 35.2 Å². The van der Waals surface area contributed by atoms with Crippen LogP contribution in [0.2, 0.25) is 0 Å². The molecular formula is C17H21NO3S. The predicted molar refractivity (Wildman–Crippen MR) is 89.2 cm³/mol. The van der Waals surface area contributed by atoms with E-state index in [4.69, 9.17) is 4.74 Å². The largest absolute Gasteiger partial charge is 0.497 e. The average Bonchev–Trinajstić information content (AvgIpc) is 2.41. The van der Waals surface area contributed by atoms with Gasteiger partial charge in [0.05, 0.1) is 17.7 Å². The molecule has 2 rings (SSSR count). The smallest absolute Gasteiger partial charge is 0.262 e. The minimum atomic E-state index is -3.64. The van der Waals surface area contributed by atoms with Crippen LogP contribution in [-0.2, 0) is 10.0 Å². The number of benzene rings is 2. The second kappa shape index (κ2) is 6.01. The van der Waals surface area contributed by atoms with Crippen molar-refractivity contribution >= 4 is 15.7 Å². The summed E-state index contributed by atoms with van der Waals surface area (Å²) in [5, 5.41) is 0. The fraction of sp³-hybridized carbons (Fsp3) is 0.294. The maximum atomic E-state index is 12.8. The van der Waals surface area contributed by atoms with Gasteiger partial charge in [-0.25, -0.2) is 8.42 Å². The molecule has 1 N–H and O–H groups in total. The lowest BCUT2D eigenvalue weighted by Gasteiger charge is -2.16. The van der Waals surface area contributed by atoms with Crippen molar-refractivity contribution in [2.24, 2.45) is 0 Å². The highest BCUT2D eigenvalue weighted by molar-refractivity contribution is 7.92. The summed E-state index contributed by atoms with van der Waals surface area (Å²) < 4.78 is 33.4. The predicted octanol–water partition coefficient (Wildman–Crippen LogP) is 3.73. The summed E-state index contributed by atoms with van der Waals surface area (Å²) in [5.74, 6) is 0.653. The lowest BCUT2D eigenvalue weighted by Crippen LogP contribution is -2.16. The first kappa shape index (κ1) is 16.4. The van der Waals surface area contributed by atoms with Gasteiger partial charge in [0.25, 0.3) is 10.0 Å². The zero-order chi connectivity index (χ0) is 16.5. The van der Waals surface area contributed by atoms with Crippen molar-refractivity contribution in [3.05, 3.63) is 52.6 Å². The van der Waals surface area contributed by atoms with Gasteiger partial charge in [-0.05, 0) is 68.1 Å². The van der Waals surface area contributed by atoms with Crippen LogP contribution in [0.4, 0.5) is 5.69 Å². The van der Waals surface area contributed by atoms with Gasteiger partial charge < -0.3 is 4.74 Å². The molecule has 0 saturated carbocycles. The third kappa shape index (κ3) is 3.25. The lowest BCUT2D eigenvalue weighted by molar-refractivity contribution is 0.413. The zero-order valence-electron chi connectivity index (χ0n) is 13.5. The van der Waals surface area contributed by atoms with Crippen LogP contribution in [0.5, 0.6) is 5.75 Å². The molecule has 0 saturated heterocycles. The van der Waals surface area contributed by atoms with Gasteiger partial charge in [-0.3, -0.25) is 4.72 Å². The van der Waals surface area contributed by atoms with E-state index in [1.54, 1.807) is 33.1 Å². The standard InChI is InChI=1S/C17H21NO3S/c1-11-6-7-12(2)16(8-11)18-22(19,20)17-13(3)9-15(21-5)10-14(17)4/h6-10,18H,1-5H3. The highest BCUT2D eigenvalue weighted by atomic mass is 32.2. The summed E-state index contributed by atoms with van der Waals surface area (Å²) in [6.07, 6.45) is 0. The molecule has 0 aromatic heterocycles. The van der Waals surface area contributed by atoms with Crippen LogP contribution in [0.3, 0.4) is 0 Å². The van der Waals surface area contributed by atoms with Crippen molar-refractivity contribution in [1.29, 1.82) is 0 Å². The second-order valence-electron chi connectivity index (χ2n) is 5.51. The molecule has 0 bridgehead atoms. The van der Waals surface area contributed by atoms with Gasteiger partial charge in [-0.15, -0.1) is 0 Å². The first-order valence-corrected chi connectivity index (χ1v) is 8.48. The Bertz CT molecular complexity index is 788. The number of sulfonamides is 1. The molecule has 0 fully saturated rings. The Kier molecular flexibility index (Phi) is 4.47. The van der Waals surface area contributed by atoms with E-state index < -0.39 is 10.0 Å². The van der Waals surface area contributed by atoms with Gasteiger partial charge in [0.2, 0.25) is 0 Å². The quantitative estimate of drug-likeness (QED) is 0.934. The maximum absolute atomic E-state index is 12.8. The fourth-order valence-corrected chi connectivity index (χ4v) is 4.07. The van der Waals surface area contributed by atoms with Gasteiger partial charge in [-0.1, -0.05) is 12.1 Å². The highest BCUT2D eigenvalue weighted by Gasteiger charge is 2.21. The van der Waals surface area contributed by atoms with Crippen LogP contribution < -0.4 is 9.46 Å². The minimum absolute atomic E-state index is 0.300. The number of ether oxygens (including phenoxy) is 1. The molecule has 0 spiro atoms. The Morgan fingerprint density at radius 3 is 2.05 bits per heavy atom. The Balaban J connectivity index is 2.50. The zero-order valence-corrected chi connectivity index (χ0v) is 14.3. The van der Waals surface area contributed by atoms with Crippen LogP contribution >= 0.6 is 0 Å². The van der Waals surface area contributed by atoms with Crippen molar-refractivity contribution in [3.63, 3.8) is 0 Å². The number of rotatable bonds is 4. The third-order valence-electron chi connectivity index (χ3n) is 3.58. The molecule has 2 aromatic rings. The number of methoxy groups -OCH3 is 1. The van der Waals surface area contributed by atoms with E-state index in [1.807, 2.05) is 32.0 Å². The topological polar surface area (TPSA) is 55.4 Å². The molecule has 4 nitrogen and oxygen atoms in total. The molecule has 5 heteroatoms. The first-order valence-electron chi connectivity index (χ1n) is 7.00. The molecule has 0 unspecified atom stereocenters. The molecule has 2 aromatic carbocycles. The van der Waals surface area contributed by atoms with Crippen LogP contribution in [-0.4, -0.2) is 15.5 Å². The van der Waals surface area contributed by atoms with Crippen molar-refractivity contribution in [2.45, 2.75) is 32.6 Å². The summed E-state index contributed by atoms with van der Waals surface area (Å²) in [6.45, 7) is 7.35. The first-order chi connectivity index (χ1) is 10.2. The number of anilines is 1. The van der Waals surface area contributed by atoms with E-state index in [0.29, 0.717) is 27.5 Å². The van der Waals surface area contributed by atoms with E-state index >= 15 is 0 Å². The van der Waals surface area contributed by atoms with E-state index in [-0.39, 0.29) is 0 Å². The van der Waals surface area contributed by atoms with Gasteiger partial charge in [0.15, 0.2) is 0 Å². The molecule has 0 radical (unpaired) electrons. The van der Waals surface area contributed by atoms with Gasteiger partial charge in [0.1, 0.15) is 5.75 Å². The SMILES string of the molecule is COc1cc(C)c(S(=O)(=O)Nc2cc(C)ccc2C)c(C)c1. The van der Waals surface area contributed by atoms with Crippen LogP contribution in [0.25, 0.3) is 0 Å². The van der Waals surface area contributed by atoms with E-state index in [9.17, 15) is 8.42 Å². The third-order valence-corrected chi connectivity index (χ3v) is 5.25. The van der Waals surface area contributed by atoms with Gasteiger partial charge >= 0.3 is 0 Å². The molecule has 0 aliphatic heterocycles. The van der Waals surface area contributed by atoms with E-state index in [2.05, 4.69) is 4.72 Å². The molecule has 0 aliphatic carbocycles. The monoisotopic (exact) mass is 319 g/mol. The van der Waals surface area contributed by atoms with Crippen molar-refractivity contribution in [2.75, 3.05) is 11.8 Å². The Morgan fingerprint density at radius 2 is 1.50 bits per heavy atom. The summed E-state index contributed by atoms with van der Waals surface area (Å²) in [6, 6.07) is 9.15. The normalized spacial score (nSPS) is 11.3. The summed E-state index contributed by atoms with van der Waals surface area (Å²) in [5.41, 5.74) is 3.82. The Labute approximate surface area is 132 Å². The van der Waals surface area contributed by atoms with Crippen molar-refractivity contribution in [3.8, 4) is 5.75 Å². The molecule has 0 heterocycles. The van der Waals surface area contributed by atoms with Gasteiger partial charge in [-0.2, -0.15) is 0 Å². The molecule has 0 atom stereocenters. The summed E-state index contributed by atoms with van der Waals surface area (Å²) in [4.78, 5) is 0.300. The number of hydrogen-bond donors (Lipinski definition) is 1. The Hall–Kier alpha value is -2.01. The van der Waals surface area contributed by atoms with Crippen molar-refractivity contribution in [1.82, 2.24) is 0 Å². The van der Waals surface area contributed by atoms with Crippen LogP contribution in [0, 0.1) is 27.7 Å². The summed E-state index contributed by atoms with van der Waals surface area (Å²) >= 11 is 0. The molecule has 0 amide bonds. The van der Waals surface area contributed by atoms with Crippen LogP contribution in [0.1, 0.15) is 22.3 Å². The number of nitrogens with one attached hydrogen (secondary N) is 1. The number of hydrogen-bond acceptors (Lipinski definition) is 3.